The molecule has 0 saturated heterocycles. The van der Waals surface area contributed by atoms with Gasteiger partial charge < -0.3 is 0 Å². The highest BCUT2D eigenvalue weighted by atomic mass is 16.1. The highest BCUT2D eigenvalue weighted by Gasteiger charge is 2.19. The standard InChI is InChI=1S/C13H17N5O/c1-4-6-18-12(8-14-17-18)13(19)10-7-9(3)15-16-11(10)5-2/h7-8H,4-6H2,1-3H3. The minimum Gasteiger partial charge on any atom is -0.287 e. The average Bonchev–Trinajstić information content (AvgIpc) is 2.86. The predicted octanol–water partition coefficient (Wildman–Crippen LogP) is 1.58. The van der Waals surface area contributed by atoms with E-state index in [-0.39, 0.29) is 5.78 Å². The van der Waals surface area contributed by atoms with Gasteiger partial charge in [0.05, 0.1) is 17.6 Å². The van der Waals surface area contributed by atoms with Gasteiger partial charge in [-0.25, -0.2) is 4.68 Å². The molecule has 0 aliphatic rings. The third-order valence-electron chi connectivity index (χ3n) is 2.86. The molecule has 0 unspecified atom stereocenters. The molecule has 0 atom stereocenters. The van der Waals surface area contributed by atoms with Crippen molar-refractivity contribution in [1.82, 2.24) is 25.2 Å². The van der Waals surface area contributed by atoms with Crippen LogP contribution in [-0.2, 0) is 13.0 Å². The van der Waals surface area contributed by atoms with Gasteiger partial charge in [0, 0.05) is 12.1 Å². The van der Waals surface area contributed by atoms with E-state index in [4.69, 9.17) is 0 Å². The van der Waals surface area contributed by atoms with Crippen LogP contribution in [0, 0.1) is 6.92 Å². The molecule has 2 heterocycles. The van der Waals surface area contributed by atoms with Crippen molar-refractivity contribution >= 4 is 5.78 Å². The largest absolute Gasteiger partial charge is 0.287 e. The Morgan fingerprint density at radius 1 is 1.32 bits per heavy atom. The number of nitrogens with zero attached hydrogens (tertiary/aromatic N) is 5. The summed E-state index contributed by atoms with van der Waals surface area (Å²) >= 11 is 0. The van der Waals surface area contributed by atoms with Gasteiger partial charge in [-0.05, 0) is 25.8 Å². The van der Waals surface area contributed by atoms with Crippen LogP contribution < -0.4 is 0 Å². The van der Waals surface area contributed by atoms with E-state index < -0.39 is 0 Å². The number of hydrogen-bond acceptors (Lipinski definition) is 5. The van der Waals surface area contributed by atoms with E-state index in [2.05, 4.69) is 20.5 Å². The predicted molar refractivity (Wildman–Crippen MR) is 69.9 cm³/mol. The van der Waals surface area contributed by atoms with Gasteiger partial charge in [0.1, 0.15) is 5.69 Å². The van der Waals surface area contributed by atoms with Gasteiger partial charge in [0.2, 0.25) is 5.78 Å². The van der Waals surface area contributed by atoms with Gasteiger partial charge in [0.25, 0.3) is 0 Å². The molecule has 6 nitrogen and oxygen atoms in total. The molecule has 0 bridgehead atoms. The lowest BCUT2D eigenvalue weighted by Crippen LogP contribution is -2.14. The van der Waals surface area contributed by atoms with Crippen molar-refractivity contribution in [2.45, 2.75) is 40.2 Å². The summed E-state index contributed by atoms with van der Waals surface area (Å²) in [6, 6.07) is 1.78. The van der Waals surface area contributed by atoms with Crippen LogP contribution in [0.4, 0.5) is 0 Å². The van der Waals surface area contributed by atoms with E-state index in [1.807, 2.05) is 20.8 Å². The number of aromatic nitrogens is 5. The number of carbonyl (C=O) groups is 1. The van der Waals surface area contributed by atoms with Crippen molar-refractivity contribution in [2.75, 3.05) is 0 Å². The number of aryl methyl sites for hydroxylation is 3. The highest BCUT2D eigenvalue weighted by Crippen LogP contribution is 2.13. The van der Waals surface area contributed by atoms with E-state index in [9.17, 15) is 4.79 Å². The van der Waals surface area contributed by atoms with Crippen LogP contribution in [0.15, 0.2) is 12.3 Å². The molecule has 0 N–H and O–H groups in total. The summed E-state index contributed by atoms with van der Waals surface area (Å²) in [7, 11) is 0. The minimum atomic E-state index is -0.0895. The summed E-state index contributed by atoms with van der Waals surface area (Å²) < 4.78 is 1.64. The second-order valence-electron chi connectivity index (χ2n) is 4.37. The molecule has 0 radical (unpaired) electrons. The normalized spacial score (nSPS) is 10.7. The van der Waals surface area contributed by atoms with Crippen molar-refractivity contribution in [3.63, 3.8) is 0 Å². The lowest BCUT2D eigenvalue weighted by atomic mass is 10.1. The Morgan fingerprint density at radius 3 is 2.79 bits per heavy atom. The Labute approximate surface area is 111 Å². The highest BCUT2D eigenvalue weighted by molar-refractivity contribution is 6.08. The number of carbonyl (C=O) groups excluding carboxylic acids is 1. The summed E-state index contributed by atoms with van der Waals surface area (Å²) in [5, 5.41) is 15.8. The number of hydrogen-bond donors (Lipinski definition) is 0. The number of ketones is 1. The fourth-order valence-corrected chi connectivity index (χ4v) is 1.92. The maximum Gasteiger partial charge on any atom is 0.214 e. The zero-order valence-electron chi connectivity index (χ0n) is 11.4. The van der Waals surface area contributed by atoms with Crippen LogP contribution >= 0.6 is 0 Å². The molecule has 2 aromatic heterocycles. The second kappa shape index (κ2) is 5.69. The summed E-state index contributed by atoms with van der Waals surface area (Å²) in [5.74, 6) is -0.0895. The summed E-state index contributed by atoms with van der Waals surface area (Å²) in [4.78, 5) is 12.6. The fourth-order valence-electron chi connectivity index (χ4n) is 1.92. The van der Waals surface area contributed by atoms with Gasteiger partial charge in [-0.1, -0.05) is 19.1 Å². The van der Waals surface area contributed by atoms with E-state index in [1.165, 1.54) is 6.20 Å². The number of rotatable bonds is 5. The molecule has 100 valence electrons. The van der Waals surface area contributed by atoms with Crippen LogP contribution in [-0.4, -0.2) is 31.0 Å². The summed E-state index contributed by atoms with van der Waals surface area (Å²) in [6.45, 7) is 6.49. The van der Waals surface area contributed by atoms with Gasteiger partial charge in [-0.15, -0.1) is 5.10 Å². The lowest BCUT2D eigenvalue weighted by Gasteiger charge is -2.07. The van der Waals surface area contributed by atoms with Crippen LogP contribution in [0.5, 0.6) is 0 Å². The van der Waals surface area contributed by atoms with E-state index in [1.54, 1.807) is 10.7 Å². The third kappa shape index (κ3) is 2.67. The first kappa shape index (κ1) is 13.3. The zero-order valence-corrected chi connectivity index (χ0v) is 11.4. The maximum atomic E-state index is 12.6. The van der Waals surface area contributed by atoms with E-state index >= 15 is 0 Å². The average molecular weight is 259 g/mol. The van der Waals surface area contributed by atoms with Gasteiger partial charge in [-0.2, -0.15) is 10.2 Å². The van der Waals surface area contributed by atoms with Crippen molar-refractivity contribution in [1.29, 1.82) is 0 Å². The minimum absolute atomic E-state index is 0.0895. The second-order valence-corrected chi connectivity index (χ2v) is 4.37. The molecule has 0 aliphatic carbocycles. The Morgan fingerprint density at radius 2 is 2.11 bits per heavy atom. The smallest absolute Gasteiger partial charge is 0.214 e. The van der Waals surface area contributed by atoms with Crippen LogP contribution in [0.1, 0.15) is 47.7 Å². The molecule has 0 aliphatic heterocycles. The zero-order chi connectivity index (χ0) is 13.8. The molecular formula is C13H17N5O. The Bertz CT molecular complexity index is 590. The topological polar surface area (TPSA) is 73.6 Å². The Hall–Kier alpha value is -2.11. The molecule has 19 heavy (non-hydrogen) atoms. The van der Waals surface area contributed by atoms with Gasteiger partial charge in [-0.3, -0.25) is 4.79 Å². The first-order valence-corrected chi connectivity index (χ1v) is 6.43. The molecule has 2 aromatic rings. The fraction of sp³-hybridized carbons (Fsp3) is 0.462. The van der Waals surface area contributed by atoms with Crippen molar-refractivity contribution in [3.8, 4) is 0 Å². The molecular weight excluding hydrogens is 242 g/mol. The first-order chi connectivity index (χ1) is 9.17. The van der Waals surface area contributed by atoms with E-state index in [0.29, 0.717) is 29.9 Å². The third-order valence-corrected chi connectivity index (χ3v) is 2.86. The maximum absolute atomic E-state index is 12.6. The Balaban J connectivity index is 2.43. The van der Waals surface area contributed by atoms with Crippen molar-refractivity contribution in [3.05, 3.63) is 34.9 Å². The van der Waals surface area contributed by atoms with Crippen LogP contribution in [0.3, 0.4) is 0 Å². The molecule has 0 saturated carbocycles. The molecule has 0 fully saturated rings. The van der Waals surface area contributed by atoms with Crippen LogP contribution in [0.2, 0.25) is 0 Å². The van der Waals surface area contributed by atoms with Gasteiger partial charge in [0.15, 0.2) is 0 Å². The molecule has 0 aromatic carbocycles. The SMILES string of the molecule is CCCn1nncc1C(=O)c1cc(C)nnc1CC. The molecule has 0 spiro atoms. The lowest BCUT2D eigenvalue weighted by molar-refractivity contribution is 0.102. The quantitative estimate of drug-likeness (QED) is 0.762. The summed E-state index contributed by atoms with van der Waals surface area (Å²) in [5.41, 5.74) is 2.54. The first-order valence-electron chi connectivity index (χ1n) is 6.43. The van der Waals surface area contributed by atoms with Crippen molar-refractivity contribution in [2.24, 2.45) is 0 Å². The monoisotopic (exact) mass is 259 g/mol. The van der Waals surface area contributed by atoms with Crippen molar-refractivity contribution < 1.29 is 4.79 Å². The van der Waals surface area contributed by atoms with Crippen LogP contribution in [0.25, 0.3) is 0 Å². The van der Waals surface area contributed by atoms with E-state index in [0.717, 1.165) is 12.1 Å². The molecule has 2 rings (SSSR count). The van der Waals surface area contributed by atoms with Gasteiger partial charge >= 0.3 is 0 Å². The molecule has 6 heteroatoms. The molecule has 0 amide bonds. The Kier molecular flexibility index (Phi) is 3.99. The summed E-state index contributed by atoms with van der Waals surface area (Å²) in [6.07, 6.45) is 3.08.